The van der Waals surface area contributed by atoms with E-state index in [-0.39, 0.29) is 6.04 Å². The Morgan fingerprint density at radius 2 is 1.39 bits per heavy atom. The smallest absolute Gasteiger partial charge is 0.178 e. The highest BCUT2D eigenvalue weighted by Gasteiger charge is 2.31. The lowest BCUT2D eigenvalue weighted by Crippen LogP contribution is -2.48. The van der Waals surface area contributed by atoms with Crippen LogP contribution in [-0.2, 0) is 0 Å². The number of rotatable bonds is 8. The number of piperazine rings is 1. The van der Waals surface area contributed by atoms with Crippen LogP contribution in [0.3, 0.4) is 0 Å². The molecule has 0 bridgehead atoms. The van der Waals surface area contributed by atoms with Gasteiger partial charge in [-0.1, -0.05) is 109 Å². The van der Waals surface area contributed by atoms with E-state index in [1.54, 1.807) is 0 Å². The minimum absolute atomic E-state index is 0.0744. The van der Waals surface area contributed by atoms with E-state index in [1.807, 2.05) is 4.68 Å². The SMILES string of the molecule is Cc1cccc(C)c1-n1nnnc1[C@H](c1cccc(-c2ccccc2)c1)N1CCN(CC=Cc2ccccc2)CC1. The second kappa shape index (κ2) is 12.4. The summed E-state index contributed by atoms with van der Waals surface area (Å²) < 4.78 is 1.96. The maximum atomic E-state index is 4.67. The third-order valence-corrected chi connectivity index (χ3v) is 7.94. The van der Waals surface area contributed by atoms with Gasteiger partial charge in [0.2, 0.25) is 0 Å². The Morgan fingerprint density at radius 1 is 0.732 bits per heavy atom. The second-order valence-corrected chi connectivity index (χ2v) is 10.7. The van der Waals surface area contributed by atoms with Crippen molar-refractivity contribution in [3.8, 4) is 16.8 Å². The van der Waals surface area contributed by atoms with Crippen LogP contribution in [0.5, 0.6) is 0 Å². The number of tetrazole rings is 1. The first kappa shape index (κ1) is 26.8. The number of aryl methyl sites for hydroxylation is 2. The third-order valence-electron chi connectivity index (χ3n) is 7.94. The number of aromatic nitrogens is 4. The zero-order valence-corrected chi connectivity index (χ0v) is 23.8. The van der Waals surface area contributed by atoms with Gasteiger partial charge >= 0.3 is 0 Å². The molecule has 4 aromatic carbocycles. The molecule has 206 valence electrons. The molecule has 1 fully saturated rings. The molecular weight excluding hydrogens is 504 g/mol. The largest absolute Gasteiger partial charge is 0.297 e. The van der Waals surface area contributed by atoms with Gasteiger partial charge < -0.3 is 0 Å². The average Bonchev–Trinajstić information content (AvgIpc) is 3.48. The summed E-state index contributed by atoms with van der Waals surface area (Å²) in [6.07, 6.45) is 4.48. The van der Waals surface area contributed by atoms with E-state index in [1.165, 1.54) is 22.3 Å². The molecule has 1 aliphatic heterocycles. The fourth-order valence-electron chi connectivity index (χ4n) is 5.81. The second-order valence-electron chi connectivity index (χ2n) is 10.7. The van der Waals surface area contributed by atoms with E-state index in [0.29, 0.717) is 0 Å². The van der Waals surface area contributed by atoms with E-state index >= 15 is 0 Å². The quantitative estimate of drug-likeness (QED) is 0.229. The molecule has 0 aliphatic carbocycles. The highest BCUT2D eigenvalue weighted by Crippen LogP contribution is 2.33. The van der Waals surface area contributed by atoms with Crippen LogP contribution >= 0.6 is 0 Å². The van der Waals surface area contributed by atoms with Crippen molar-refractivity contribution in [2.75, 3.05) is 32.7 Å². The number of hydrogen-bond donors (Lipinski definition) is 0. The third kappa shape index (κ3) is 6.04. The molecule has 6 heteroatoms. The fourth-order valence-corrected chi connectivity index (χ4v) is 5.81. The van der Waals surface area contributed by atoms with Crippen molar-refractivity contribution in [3.05, 3.63) is 137 Å². The Labute approximate surface area is 242 Å². The Balaban J connectivity index is 1.31. The first-order chi connectivity index (χ1) is 20.2. The van der Waals surface area contributed by atoms with Gasteiger partial charge in [0.25, 0.3) is 0 Å². The van der Waals surface area contributed by atoms with Crippen LogP contribution in [0.15, 0.2) is 109 Å². The molecule has 5 aromatic rings. The molecule has 6 nitrogen and oxygen atoms in total. The van der Waals surface area contributed by atoms with Crippen molar-refractivity contribution in [2.45, 2.75) is 19.9 Å². The van der Waals surface area contributed by atoms with Crippen LogP contribution < -0.4 is 0 Å². The van der Waals surface area contributed by atoms with Crippen molar-refractivity contribution in [2.24, 2.45) is 0 Å². The first-order valence-electron chi connectivity index (χ1n) is 14.4. The predicted octanol–water partition coefficient (Wildman–Crippen LogP) is 6.37. The van der Waals surface area contributed by atoms with Gasteiger partial charge in [-0.2, -0.15) is 4.68 Å². The normalized spacial score (nSPS) is 15.4. The molecule has 1 atom stereocenters. The van der Waals surface area contributed by atoms with Gasteiger partial charge in [0.1, 0.15) is 0 Å². The topological polar surface area (TPSA) is 50.1 Å². The van der Waals surface area contributed by atoms with E-state index in [4.69, 9.17) is 0 Å². The van der Waals surface area contributed by atoms with Crippen LogP contribution in [0.2, 0.25) is 0 Å². The summed E-state index contributed by atoms with van der Waals surface area (Å²) in [7, 11) is 0. The van der Waals surface area contributed by atoms with Crippen LogP contribution in [-0.4, -0.2) is 62.7 Å². The number of nitrogens with zero attached hydrogens (tertiary/aromatic N) is 6. The summed E-state index contributed by atoms with van der Waals surface area (Å²) >= 11 is 0. The molecular formula is C35H36N6. The van der Waals surface area contributed by atoms with Gasteiger partial charge in [0.15, 0.2) is 5.82 Å². The maximum Gasteiger partial charge on any atom is 0.178 e. The Bertz CT molecular complexity index is 1580. The van der Waals surface area contributed by atoms with Crippen molar-refractivity contribution in [3.63, 3.8) is 0 Å². The van der Waals surface area contributed by atoms with Gasteiger partial charge in [0.05, 0.1) is 11.7 Å². The zero-order valence-electron chi connectivity index (χ0n) is 23.8. The highest BCUT2D eigenvalue weighted by molar-refractivity contribution is 5.64. The molecule has 0 spiro atoms. The Hall–Kier alpha value is -4.39. The van der Waals surface area contributed by atoms with E-state index in [9.17, 15) is 0 Å². The minimum Gasteiger partial charge on any atom is -0.297 e. The molecule has 0 radical (unpaired) electrons. The maximum absolute atomic E-state index is 4.67. The summed E-state index contributed by atoms with van der Waals surface area (Å²) in [4.78, 5) is 5.05. The Morgan fingerprint density at radius 3 is 2.12 bits per heavy atom. The van der Waals surface area contributed by atoms with E-state index in [0.717, 1.165) is 55.4 Å². The summed E-state index contributed by atoms with van der Waals surface area (Å²) in [6, 6.07) is 36.2. The molecule has 0 saturated carbocycles. The summed E-state index contributed by atoms with van der Waals surface area (Å²) in [5.74, 6) is 0.852. The van der Waals surface area contributed by atoms with Crippen LogP contribution in [0.1, 0.15) is 34.1 Å². The van der Waals surface area contributed by atoms with Crippen LogP contribution in [0.4, 0.5) is 0 Å². The molecule has 1 saturated heterocycles. The van der Waals surface area contributed by atoms with Crippen molar-refractivity contribution in [1.29, 1.82) is 0 Å². The standard InChI is InChI=1S/C35H36N6/c1-27-12-9-13-28(2)33(27)41-35(36-37-38-41)34(32-20-10-19-31(26-32)30-17-7-4-8-18-30)40-24-22-39(23-25-40)21-11-16-29-14-5-3-6-15-29/h3-20,26,34H,21-25H2,1-2H3/t34-/m0/s1. The lowest BCUT2D eigenvalue weighted by Gasteiger charge is -2.38. The van der Waals surface area contributed by atoms with Gasteiger partial charge in [-0.25, -0.2) is 0 Å². The molecule has 0 N–H and O–H groups in total. The van der Waals surface area contributed by atoms with Gasteiger partial charge in [-0.15, -0.1) is 5.10 Å². The molecule has 1 aliphatic rings. The molecule has 6 rings (SSSR count). The Kier molecular flexibility index (Phi) is 8.12. The average molecular weight is 541 g/mol. The van der Waals surface area contributed by atoms with Crippen molar-refractivity contribution in [1.82, 2.24) is 30.0 Å². The lowest BCUT2D eigenvalue weighted by atomic mass is 9.97. The van der Waals surface area contributed by atoms with E-state index < -0.39 is 0 Å². The summed E-state index contributed by atoms with van der Waals surface area (Å²) in [6.45, 7) is 9.02. The van der Waals surface area contributed by atoms with Gasteiger partial charge in [0, 0.05) is 32.7 Å². The predicted molar refractivity (Wildman–Crippen MR) is 166 cm³/mol. The first-order valence-corrected chi connectivity index (χ1v) is 14.4. The van der Waals surface area contributed by atoms with Gasteiger partial charge in [-0.05, 0) is 63.7 Å². The van der Waals surface area contributed by atoms with E-state index in [2.05, 4.69) is 154 Å². The van der Waals surface area contributed by atoms with Crippen molar-refractivity contribution >= 4 is 6.08 Å². The lowest BCUT2D eigenvalue weighted by molar-refractivity contribution is 0.113. The number of benzene rings is 4. The van der Waals surface area contributed by atoms with Gasteiger partial charge in [-0.3, -0.25) is 9.80 Å². The fraction of sp³-hybridized carbons (Fsp3) is 0.229. The van der Waals surface area contributed by atoms with Crippen molar-refractivity contribution < 1.29 is 0 Å². The summed E-state index contributed by atoms with van der Waals surface area (Å²) in [5.41, 5.74) is 8.22. The summed E-state index contributed by atoms with van der Waals surface area (Å²) in [5, 5.41) is 13.4. The number of hydrogen-bond acceptors (Lipinski definition) is 5. The monoisotopic (exact) mass is 540 g/mol. The van der Waals surface area contributed by atoms with Crippen LogP contribution in [0.25, 0.3) is 22.9 Å². The highest BCUT2D eigenvalue weighted by atomic mass is 15.6. The molecule has 0 unspecified atom stereocenters. The molecule has 41 heavy (non-hydrogen) atoms. The van der Waals surface area contributed by atoms with Crippen LogP contribution in [0, 0.1) is 13.8 Å². The number of para-hydroxylation sites is 1. The molecule has 1 aromatic heterocycles. The minimum atomic E-state index is -0.0744. The molecule has 0 amide bonds. The molecule has 2 heterocycles. The zero-order chi connectivity index (χ0) is 28.0.